The number of hydrogen-bond acceptors (Lipinski definition) is 4. The number of primary amides is 1. The molecule has 1 aromatic heterocycles. The minimum Gasteiger partial charge on any atom is -0.370 e. The molecule has 0 radical (unpaired) electrons. The molecule has 0 unspecified atom stereocenters. The highest BCUT2D eigenvalue weighted by molar-refractivity contribution is 7.98. The maximum Gasteiger partial charge on any atom is 0.218 e. The maximum absolute atomic E-state index is 10.6. The maximum atomic E-state index is 10.6. The largest absolute Gasteiger partial charge is 0.370 e. The van der Waals surface area contributed by atoms with Crippen LogP contribution in [0.5, 0.6) is 0 Å². The van der Waals surface area contributed by atoms with E-state index < -0.39 is 0 Å². The van der Waals surface area contributed by atoms with Gasteiger partial charge >= 0.3 is 0 Å². The number of benzene rings is 1. The second-order valence-electron chi connectivity index (χ2n) is 4.02. The average Bonchev–Trinajstić information content (AvgIpc) is 2.86. The van der Waals surface area contributed by atoms with Gasteiger partial charge in [-0.3, -0.25) is 4.79 Å². The molecule has 0 saturated carbocycles. The molecule has 0 bridgehead atoms. The van der Waals surface area contributed by atoms with Crippen LogP contribution in [-0.2, 0) is 10.5 Å². The van der Waals surface area contributed by atoms with Crippen LogP contribution in [0.1, 0.15) is 12.1 Å². The lowest BCUT2D eigenvalue weighted by molar-refractivity contribution is -0.117. The molecule has 0 aliphatic carbocycles. The highest BCUT2D eigenvalue weighted by Gasteiger charge is 2.05. The molecule has 2 rings (SSSR count). The summed E-state index contributed by atoms with van der Waals surface area (Å²) in [5.74, 6) is 1.06. The Bertz CT molecular complexity index is 617. The van der Waals surface area contributed by atoms with Gasteiger partial charge in [0.25, 0.3) is 0 Å². The third-order valence-corrected chi connectivity index (χ3v) is 4.18. The van der Waals surface area contributed by atoms with E-state index in [4.69, 9.17) is 28.9 Å². The zero-order chi connectivity index (χ0) is 14.5. The Labute approximate surface area is 130 Å². The Kier molecular flexibility index (Phi) is 5.28. The first kappa shape index (κ1) is 15.2. The molecule has 106 valence electrons. The number of halogens is 2. The van der Waals surface area contributed by atoms with Crippen LogP contribution in [0.4, 0.5) is 0 Å². The Hall–Kier alpha value is -1.24. The van der Waals surface area contributed by atoms with E-state index in [1.54, 1.807) is 28.6 Å². The van der Waals surface area contributed by atoms with Gasteiger partial charge in [-0.1, -0.05) is 28.4 Å². The molecular formula is C12H12Cl2N4OS. The summed E-state index contributed by atoms with van der Waals surface area (Å²) in [6, 6.07) is 5.25. The summed E-state index contributed by atoms with van der Waals surface area (Å²) in [6.45, 7) is 0. The number of nitrogens with zero attached hydrogens (tertiary/aromatic N) is 3. The van der Waals surface area contributed by atoms with Crippen LogP contribution in [0, 0.1) is 0 Å². The number of carbonyl (C=O) groups is 1. The molecule has 2 aromatic rings. The second kappa shape index (κ2) is 6.97. The quantitative estimate of drug-likeness (QED) is 0.826. The normalized spacial score (nSPS) is 10.7. The van der Waals surface area contributed by atoms with E-state index in [2.05, 4.69) is 10.3 Å². The summed E-state index contributed by atoms with van der Waals surface area (Å²) in [4.78, 5) is 10.6. The van der Waals surface area contributed by atoms with Crippen molar-refractivity contribution in [2.45, 2.75) is 12.2 Å². The molecular weight excluding hydrogens is 319 g/mol. The summed E-state index contributed by atoms with van der Waals surface area (Å²) < 4.78 is 1.63. The second-order valence-corrected chi connectivity index (χ2v) is 5.94. The summed E-state index contributed by atoms with van der Waals surface area (Å²) >= 11 is 13.4. The molecule has 1 aromatic carbocycles. The first-order valence-corrected chi connectivity index (χ1v) is 7.70. The Morgan fingerprint density at radius 2 is 2.15 bits per heavy atom. The zero-order valence-corrected chi connectivity index (χ0v) is 12.8. The number of hydrogen-bond donors (Lipinski definition) is 1. The SMILES string of the molecule is NC(=O)CCSCc1cn(-c2ccc(Cl)c(Cl)c2)nn1. The van der Waals surface area contributed by atoms with Crippen molar-refractivity contribution in [1.82, 2.24) is 15.0 Å². The van der Waals surface area contributed by atoms with E-state index in [-0.39, 0.29) is 5.91 Å². The Morgan fingerprint density at radius 3 is 2.85 bits per heavy atom. The number of amides is 1. The summed E-state index contributed by atoms with van der Waals surface area (Å²) in [6.07, 6.45) is 2.18. The molecule has 0 aliphatic heterocycles. The molecule has 0 saturated heterocycles. The van der Waals surface area contributed by atoms with Gasteiger partial charge in [0.15, 0.2) is 0 Å². The number of aromatic nitrogens is 3. The predicted molar refractivity (Wildman–Crippen MR) is 81.4 cm³/mol. The van der Waals surface area contributed by atoms with Gasteiger partial charge in [0.1, 0.15) is 0 Å². The van der Waals surface area contributed by atoms with Crippen molar-refractivity contribution >= 4 is 40.9 Å². The van der Waals surface area contributed by atoms with Gasteiger partial charge in [0.05, 0.1) is 27.6 Å². The summed E-state index contributed by atoms with van der Waals surface area (Å²) in [5, 5.41) is 9.06. The molecule has 8 heteroatoms. The first-order chi connectivity index (χ1) is 9.56. The molecule has 0 spiro atoms. The van der Waals surface area contributed by atoms with Crippen LogP contribution in [0.15, 0.2) is 24.4 Å². The molecule has 0 aliphatic rings. The zero-order valence-electron chi connectivity index (χ0n) is 10.4. The fourth-order valence-electron chi connectivity index (χ4n) is 1.47. The molecule has 2 N–H and O–H groups in total. The lowest BCUT2D eigenvalue weighted by Crippen LogP contribution is -2.10. The van der Waals surface area contributed by atoms with Crippen molar-refractivity contribution in [2.75, 3.05) is 5.75 Å². The van der Waals surface area contributed by atoms with Crippen LogP contribution >= 0.6 is 35.0 Å². The lowest BCUT2D eigenvalue weighted by Gasteiger charge is -2.01. The van der Waals surface area contributed by atoms with Crippen molar-refractivity contribution in [3.05, 3.63) is 40.1 Å². The fourth-order valence-corrected chi connectivity index (χ4v) is 2.59. The van der Waals surface area contributed by atoms with Gasteiger partial charge in [-0.25, -0.2) is 4.68 Å². The van der Waals surface area contributed by atoms with Crippen LogP contribution in [-0.4, -0.2) is 26.7 Å². The van der Waals surface area contributed by atoms with E-state index >= 15 is 0 Å². The van der Waals surface area contributed by atoms with Crippen molar-refractivity contribution in [3.63, 3.8) is 0 Å². The van der Waals surface area contributed by atoms with Gasteiger partial charge in [0.2, 0.25) is 5.91 Å². The summed E-state index contributed by atoms with van der Waals surface area (Å²) in [5.41, 5.74) is 6.69. The Balaban J connectivity index is 1.97. The molecule has 1 amide bonds. The highest BCUT2D eigenvalue weighted by atomic mass is 35.5. The smallest absolute Gasteiger partial charge is 0.218 e. The third-order valence-electron chi connectivity index (χ3n) is 2.45. The van der Waals surface area contributed by atoms with Gasteiger partial charge in [0, 0.05) is 17.9 Å². The number of nitrogens with two attached hydrogens (primary N) is 1. The minimum atomic E-state index is -0.294. The van der Waals surface area contributed by atoms with Gasteiger partial charge < -0.3 is 5.73 Å². The van der Waals surface area contributed by atoms with E-state index in [1.165, 1.54) is 0 Å². The number of thioether (sulfide) groups is 1. The Morgan fingerprint density at radius 1 is 1.35 bits per heavy atom. The molecule has 1 heterocycles. The monoisotopic (exact) mass is 330 g/mol. The number of carbonyl (C=O) groups excluding carboxylic acids is 1. The predicted octanol–water partition coefficient (Wildman–Crippen LogP) is 2.68. The van der Waals surface area contributed by atoms with Crippen LogP contribution < -0.4 is 5.73 Å². The lowest BCUT2D eigenvalue weighted by atomic mass is 10.3. The van der Waals surface area contributed by atoms with Gasteiger partial charge in [-0.2, -0.15) is 11.8 Å². The van der Waals surface area contributed by atoms with Crippen molar-refractivity contribution in [2.24, 2.45) is 5.73 Å². The van der Waals surface area contributed by atoms with Crippen LogP contribution in [0.25, 0.3) is 5.69 Å². The van der Waals surface area contributed by atoms with Gasteiger partial charge in [-0.05, 0) is 18.2 Å². The topological polar surface area (TPSA) is 73.8 Å². The highest BCUT2D eigenvalue weighted by Crippen LogP contribution is 2.24. The number of rotatable bonds is 6. The standard InChI is InChI=1S/C12H12Cl2N4OS/c13-10-2-1-9(5-11(10)14)18-6-8(16-17-18)7-20-4-3-12(15)19/h1-2,5-6H,3-4,7H2,(H2,15,19). The minimum absolute atomic E-state index is 0.294. The van der Waals surface area contributed by atoms with Crippen molar-refractivity contribution < 1.29 is 4.79 Å². The van der Waals surface area contributed by atoms with Crippen molar-refractivity contribution in [1.29, 1.82) is 0 Å². The first-order valence-electron chi connectivity index (χ1n) is 5.79. The average molecular weight is 331 g/mol. The fraction of sp³-hybridized carbons (Fsp3) is 0.250. The third kappa shape index (κ3) is 4.13. The van der Waals surface area contributed by atoms with Gasteiger partial charge in [-0.15, -0.1) is 5.10 Å². The molecule has 5 nitrogen and oxygen atoms in total. The van der Waals surface area contributed by atoms with E-state index in [0.717, 1.165) is 11.4 Å². The molecule has 0 atom stereocenters. The van der Waals surface area contributed by atoms with E-state index in [1.807, 2.05) is 12.3 Å². The summed E-state index contributed by atoms with van der Waals surface area (Å²) in [7, 11) is 0. The van der Waals surface area contributed by atoms with Crippen molar-refractivity contribution in [3.8, 4) is 5.69 Å². The molecule has 20 heavy (non-hydrogen) atoms. The van der Waals surface area contributed by atoms with Crippen LogP contribution in [0.2, 0.25) is 10.0 Å². The van der Waals surface area contributed by atoms with Crippen LogP contribution in [0.3, 0.4) is 0 Å². The molecule has 0 fully saturated rings. The van der Waals surface area contributed by atoms with E-state index in [0.29, 0.717) is 28.0 Å². The van der Waals surface area contributed by atoms with E-state index in [9.17, 15) is 4.79 Å².